The molecular formula is C18H18O5. The number of phenolic OH excluding ortho intramolecular Hbond substituents is 1. The van der Waals surface area contributed by atoms with Crippen molar-refractivity contribution in [3.8, 4) is 23.0 Å². The second-order valence-electron chi connectivity index (χ2n) is 4.66. The Morgan fingerprint density at radius 1 is 1.00 bits per heavy atom. The van der Waals surface area contributed by atoms with E-state index in [2.05, 4.69) is 0 Å². The number of para-hydroxylation sites is 1. The predicted molar refractivity (Wildman–Crippen MR) is 87.6 cm³/mol. The molecule has 0 spiro atoms. The molecule has 120 valence electrons. The summed E-state index contributed by atoms with van der Waals surface area (Å²) in [6.07, 6.45) is 2.95. The summed E-state index contributed by atoms with van der Waals surface area (Å²) in [5, 5.41) is 9.73. The first-order valence-electron chi connectivity index (χ1n) is 6.91. The standard InChI is InChI=1S/C18H18O5/c1-21-12-10-17(22-2)14(18(11-12)23-3)8-9-16(20)13-6-4-5-7-15(13)19/h4-11,19H,1-3H3/b9-8-. The number of hydrogen-bond donors (Lipinski definition) is 1. The highest BCUT2D eigenvalue weighted by atomic mass is 16.5. The first-order valence-corrected chi connectivity index (χ1v) is 6.91. The molecule has 0 aromatic heterocycles. The number of ketones is 1. The molecular weight excluding hydrogens is 296 g/mol. The van der Waals surface area contributed by atoms with Gasteiger partial charge in [-0.25, -0.2) is 0 Å². The summed E-state index contributed by atoms with van der Waals surface area (Å²) < 4.78 is 15.8. The number of allylic oxidation sites excluding steroid dienone is 1. The van der Waals surface area contributed by atoms with E-state index < -0.39 is 0 Å². The van der Waals surface area contributed by atoms with Crippen LogP contribution in [0.5, 0.6) is 23.0 Å². The number of carbonyl (C=O) groups excluding carboxylic acids is 1. The molecule has 0 atom stereocenters. The van der Waals surface area contributed by atoms with E-state index in [0.717, 1.165) is 0 Å². The van der Waals surface area contributed by atoms with Crippen LogP contribution in [0.1, 0.15) is 15.9 Å². The highest BCUT2D eigenvalue weighted by Gasteiger charge is 2.12. The van der Waals surface area contributed by atoms with E-state index >= 15 is 0 Å². The molecule has 0 aliphatic heterocycles. The van der Waals surface area contributed by atoms with Crippen LogP contribution in [0, 0.1) is 0 Å². The summed E-state index contributed by atoms with van der Waals surface area (Å²) in [6, 6.07) is 9.78. The lowest BCUT2D eigenvalue weighted by atomic mass is 10.1. The van der Waals surface area contributed by atoms with E-state index in [-0.39, 0.29) is 17.1 Å². The normalized spacial score (nSPS) is 10.6. The molecule has 0 aliphatic carbocycles. The molecule has 0 heterocycles. The van der Waals surface area contributed by atoms with Gasteiger partial charge in [0.2, 0.25) is 0 Å². The minimum absolute atomic E-state index is 0.0594. The molecule has 0 radical (unpaired) electrons. The van der Waals surface area contributed by atoms with Crippen molar-refractivity contribution in [3.63, 3.8) is 0 Å². The van der Waals surface area contributed by atoms with Crippen LogP contribution < -0.4 is 14.2 Å². The first kappa shape index (κ1) is 16.4. The second kappa shape index (κ2) is 7.35. The van der Waals surface area contributed by atoms with Gasteiger partial charge in [-0.1, -0.05) is 12.1 Å². The summed E-state index contributed by atoms with van der Waals surface area (Å²) in [5.74, 6) is 1.24. The summed E-state index contributed by atoms with van der Waals surface area (Å²) >= 11 is 0. The van der Waals surface area contributed by atoms with Gasteiger partial charge in [0.15, 0.2) is 5.78 Å². The lowest BCUT2D eigenvalue weighted by molar-refractivity contribution is 0.104. The Hall–Kier alpha value is -2.95. The van der Waals surface area contributed by atoms with Crippen LogP contribution >= 0.6 is 0 Å². The lowest BCUT2D eigenvalue weighted by Gasteiger charge is -2.12. The maximum atomic E-state index is 12.2. The molecule has 5 nitrogen and oxygen atoms in total. The molecule has 0 fully saturated rings. The summed E-state index contributed by atoms with van der Waals surface area (Å²) in [7, 11) is 4.60. The first-order chi connectivity index (χ1) is 11.1. The van der Waals surface area contributed by atoms with Gasteiger partial charge >= 0.3 is 0 Å². The largest absolute Gasteiger partial charge is 0.507 e. The second-order valence-corrected chi connectivity index (χ2v) is 4.66. The van der Waals surface area contributed by atoms with Crippen molar-refractivity contribution in [2.45, 2.75) is 0 Å². The Morgan fingerprint density at radius 2 is 1.61 bits per heavy atom. The van der Waals surface area contributed by atoms with Crippen LogP contribution in [0.25, 0.3) is 6.08 Å². The highest BCUT2D eigenvalue weighted by molar-refractivity contribution is 6.08. The number of hydrogen-bond acceptors (Lipinski definition) is 5. The van der Waals surface area contributed by atoms with E-state index in [1.165, 1.54) is 26.4 Å². The third kappa shape index (κ3) is 3.63. The molecule has 2 rings (SSSR count). The van der Waals surface area contributed by atoms with Crippen LogP contribution in [0.15, 0.2) is 42.5 Å². The van der Waals surface area contributed by atoms with Gasteiger partial charge in [-0.05, 0) is 24.3 Å². The third-order valence-electron chi connectivity index (χ3n) is 3.32. The van der Waals surface area contributed by atoms with Gasteiger partial charge in [0.05, 0.1) is 32.5 Å². The molecule has 0 aliphatic rings. The minimum atomic E-state index is -0.317. The van der Waals surface area contributed by atoms with Crippen LogP contribution in [0.3, 0.4) is 0 Å². The smallest absolute Gasteiger partial charge is 0.189 e. The van der Waals surface area contributed by atoms with Crippen LogP contribution in [0.4, 0.5) is 0 Å². The van der Waals surface area contributed by atoms with E-state index in [0.29, 0.717) is 22.8 Å². The average molecular weight is 314 g/mol. The fraction of sp³-hybridized carbons (Fsp3) is 0.167. The van der Waals surface area contributed by atoms with Crippen molar-refractivity contribution in [1.29, 1.82) is 0 Å². The molecule has 0 saturated heterocycles. The van der Waals surface area contributed by atoms with Gasteiger partial charge < -0.3 is 19.3 Å². The quantitative estimate of drug-likeness (QED) is 0.654. The third-order valence-corrected chi connectivity index (χ3v) is 3.32. The molecule has 0 saturated carbocycles. The van der Waals surface area contributed by atoms with E-state index in [1.807, 2.05) is 0 Å². The summed E-state index contributed by atoms with van der Waals surface area (Å²) in [6.45, 7) is 0. The van der Waals surface area contributed by atoms with E-state index in [4.69, 9.17) is 14.2 Å². The Balaban J connectivity index is 2.39. The van der Waals surface area contributed by atoms with E-state index in [1.54, 1.807) is 43.5 Å². The molecule has 1 N–H and O–H groups in total. The fourth-order valence-electron chi connectivity index (χ4n) is 2.13. The molecule has 2 aromatic carbocycles. The molecule has 0 unspecified atom stereocenters. The Bertz CT molecular complexity index is 709. The van der Waals surface area contributed by atoms with Gasteiger partial charge in [-0.15, -0.1) is 0 Å². The topological polar surface area (TPSA) is 65.0 Å². The fourth-order valence-corrected chi connectivity index (χ4v) is 2.13. The highest BCUT2D eigenvalue weighted by Crippen LogP contribution is 2.35. The van der Waals surface area contributed by atoms with Crippen molar-refractivity contribution in [2.24, 2.45) is 0 Å². The number of rotatable bonds is 6. The maximum absolute atomic E-state index is 12.2. The van der Waals surface area contributed by atoms with E-state index in [9.17, 15) is 9.90 Å². The number of phenols is 1. The summed E-state index contributed by atoms with van der Waals surface area (Å²) in [5.41, 5.74) is 0.842. The van der Waals surface area contributed by atoms with Crippen molar-refractivity contribution in [2.75, 3.05) is 21.3 Å². The minimum Gasteiger partial charge on any atom is -0.507 e. The average Bonchev–Trinajstić information content (AvgIpc) is 2.59. The SMILES string of the molecule is COc1cc(OC)c(/C=C\C(=O)c2ccccc2O)c(OC)c1. The summed E-state index contributed by atoms with van der Waals surface area (Å²) in [4.78, 5) is 12.2. The Kier molecular flexibility index (Phi) is 5.25. The zero-order valence-electron chi connectivity index (χ0n) is 13.2. The molecule has 23 heavy (non-hydrogen) atoms. The van der Waals surface area contributed by atoms with Crippen molar-refractivity contribution in [1.82, 2.24) is 0 Å². The van der Waals surface area contributed by atoms with Gasteiger partial charge in [0.25, 0.3) is 0 Å². The predicted octanol–water partition coefficient (Wildman–Crippen LogP) is 3.31. The van der Waals surface area contributed by atoms with Gasteiger partial charge in [0.1, 0.15) is 23.0 Å². The van der Waals surface area contributed by atoms with Gasteiger partial charge in [-0.3, -0.25) is 4.79 Å². The van der Waals surface area contributed by atoms with Crippen LogP contribution in [0.2, 0.25) is 0 Å². The molecule has 5 heteroatoms. The number of aromatic hydroxyl groups is 1. The molecule has 0 bridgehead atoms. The van der Waals surface area contributed by atoms with Crippen molar-refractivity contribution >= 4 is 11.9 Å². The Labute approximate surface area is 134 Å². The van der Waals surface area contributed by atoms with Crippen LogP contribution in [-0.2, 0) is 0 Å². The number of ether oxygens (including phenoxy) is 3. The zero-order valence-corrected chi connectivity index (χ0v) is 13.2. The lowest BCUT2D eigenvalue weighted by Crippen LogP contribution is -1.97. The van der Waals surface area contributed by atoms with Crippen molar-refractivity contribution < 1.29 is 24.1 Å². The van der Waals surface area contributed by atoms with Crippen molar-refractivity contribution in [3.05, 3.63) is 53.6 Å². The number of methoxy groups -OCH3 is 3. The number of carbonyl (C=O) groups is 1. The van der Waals surface area contributed by atoms with Gasteiger partial charge in [-0.2, -0.15) is 0 Å². The molecule has 0 amide bonds. The maximum Gasteiger partial charge on any atom is 0.189 e. The Morgan fingerprint density at radius 3 is 2.13 bits per heavy atom. The zero-order chi connectivity index (χ0) is 16.8. The van der Waals surface area contributed by atoms with Crippen LogP contribution in [-0.4, -0.2) is 32.2 Å². The van der Waals surface area contributed by atoms with Gasteiger partial charge in [0, 0.05) is 12.1 Å². The monoisotopic (exact) mass is 314 g/mol. The number of benzene rings is 2. The molecule has 2 aromatic rings.